The Morgan fingerprint density at radius 1 is 1.15 bits per heavy atom. The number of fused-ring (bicyclic) bond motifs is 1. The molecule has 3 atom stereocenters. The molecule has 0 saturated heterocycles. The normalized spacial score (nSPS) is 20.4. The summed E-state index contributed by atoms with van der Waals surface area (Å²) in [5.41, 5.74) is 2.49. The standard InChI is InChI=1S/C20H23NO4S/c1-3-26(23,24)19-16-12-8-7-11-15(16)13-17(19)21-20(22)18(25-2)14-9-5-4-6-10-14/h4-12,17-19H,3,13H2,1-2H3,(H,21,22)/t17?,18-,19?/m0/s1. The quantitative estimate of drug-likeness (QED) is 0.845. The lowest BCUT2D eigenvalue weighted by Crippen LogP contribution is -2.43. The van der Waals surface area contributed by atoms with Crippen LogP contribution in [-0.4, -0.2) is 33.2 Å². The van der Waals surface area contributed by atoms with Crippen LogP contribution in [0, 0.1) is 0 Å². The number of benzene rings is 2. The van der Waals surface area contributed by atoms with Crippen molar-refractivity contribution in [2.24, 2.45) is 0 Å². The first-order valence-electron chi connectivity index (χ1n) is 8.65. The Bertz CT molecular complexity index is 880. The smallest absolute Gasteiger partial charge is 0.254 e. The molecule has 1 aliphatic rings. The molecule has 138 valence electrons. The van der Waals surface area contributed by atoms with Crippen LogP contribution in [0.4, 0.5) is 0 Å². The molecule has 0 heterocycles. The molecule has 0 radical (unpaired) electrons. The summed E-state index contributed by atoms with van der Waals surface area (Å²) in [5, 5.41) is 2.20. The molecule has 0 bridgehead atoms. The van der Waals surface area contributed by atoms with Crippen LogP contribution >= 0.6 is 0 Å². The van der Waals surface area contributed by atoms with E-state index in [1.165, 1.54) is 7.11 Å². The fourth-order valence-electron chi connectivity index (χ4n) is 3.59. The molecule has 26 heavy (non-hydrogen) atoms. The van der Waals surface area contributed by atoms with Crippen molar-refractivity contribution in [2.45, 2.75) is 30.7 Å². The van der Waals surface area contributed by atoms with Crippen molar-refractivity contribution in [3.05, 3.63) is 71.3 Å². The molecule has 1 amide bonds. The number of nitrogens with one attached hydrogen (secondary N) is 1. The molecule has 5 nitrogen and oxygen atoms in total. The topological polar surface area (TPSA) is 72.5 Å². The van der Waals surface area contributed by atoms with Crippen LogP contribution in [0.3, 0.4) is 0 Å². The monoisotopic (exact) mass is 373 g/mol. The van der Waals surface area contributed by atoms with Crippen molar-refractivity contribution >= 4 is 15.7 Å². The van der Waals surface area contributed by atoms with Gasteiger partial charge >= 0.3 is 0 Å². The van der Waals surface area contributed by atoms with Gasteiger partial charge in [0.15, 0.2) is 15.9 Å². The second-order valence-corrected chi connectivity index (χ2v) is 8.83. The van der Waals surface area contributed by atoms with Crippen molar-refractivity contribution in [2.75, 3.05) is 12.9 Å². The van der Waals surface area contributed by atoms with Crippen molar-refractivity contribution in [3.63, 3.8) is 0 Å². The van der Waals surface area contributed by atoms with Gasteiger partial charge in [-0.05, 0) is 23.1 Å². The molecule has 0 aromatic heterocycles. The van der Waals surface area contributed by atoms with Gasteiger partial charge in [-0.25, -0.2) is 8.42 Å². The zero-order valence-electron chi connectivity index (χ0n) is 14.9. The number of ether oxygens (including phenoxy) is 1. The molecule has 2 aromatic carbocycles. The van der Waals surface area contributed by atoms with E-state index in [1.807, 2.05) is 54.6 Å². The molecule has 0 spiro atoms. The first-order chi connectivity index (χ1) is 12.5. The second kappa shape index (κ2) is 7.60. The number of hydrogen-bond donors (Lipinski definition) is 1. The van der Waals surface area contributed by atoms with E-state index in [9.17, 15) is 13.2 Å². The van der Waals surface area contributed by atoms with Crippen molar-refractivity contribution in [1.82, 2.24) is 5.32 Å². The van der Waals surface area contributed by atoms with Gasteiger partial charge in [-0.3, -0.25) is 4.79 Å². The molecule has 1 N–H and O–H groups in total. The summed E-state index contributed by atoms with van der Waals surface area (Å²) in [7, 11) is -1.89. The lowest BCUT2D eigenvalue weighted by Gasteiger charge is -2.24. The second-order valence-electron chi connectivity index (χ2n) is 6.42. The maximum atomic E-state index is 12.8. The van der Waals surface area contributed by atoms with E-state index in [2.05, 4.69) is 5.32 Å². The first kappa shape index (κ1) is 18.6. The zero-order chi connectivity index (χ0) is 18.7. The van der Waals surface area contributed by atoms with Gasteiger partial charge in [0.05, 0.1) is 6.04 Å². The molecule has 0 aliphatic heterocycles. The van der Waals surface area contributed by atoms with Gasteiger partial charge in [-0.1, -0.05) is 61.5 Å². The fourth-order valence-corrected chi connectivity index (χ4v) is 5.23. The van der Waals surface area contributed by atoms with Crippen LogP contribution < -0.4 is 5.32 Å². The summed E-state index contributed by atoms with van der Waals surface area (Å²) in [6.07, 6.45) is -0.276. The van der Waals surface area contributed by atoms with E-state index >= 15 is 0 Å². The number of methoxy groups -OCH3 is 1. The predicted octanol–water partition coefficient (Wildman–Crippen LogP) is 2.59. The van der Waals surface area contributed by atoms with Gasteiger partial charge in [0.2, 0.25) is 0 Å². The summed E-state index contributed by atoms with van der Waals surface area (Å²) in [6, 6.07) is 16.2. The Morgan fingerprint density at radius 3 is 2.46 bits per heavy atom. The average molecular weight is 373 g/mol. The lowest BCUT2D eigenvalue weighted by molar-refractivity contribution is -0.132. The molecule has 2 unspecified atom stereocenters. The van der Waals surface area contributed by atoms with Crippen LogP contribution in [-0.2, 0) is 25.8 Å². The van der Waals surface area contributed by atoms with Gasteiger partial charge in [-0.15, -0.1) is 0 Å². The lowest BCUT2D eigenvalue weighted by atomic mass is 10.1. The van der Waals surface area contributed by atoms with Gasteiger partial charge in [-0.2, -0.15) is 0 Å². The minimum absolute atomic E-state index is 0.0325. The molecule has 2 aromatic rings. The maximum absolute atomic E-state index is 12.8. The van der Waals surface area contributed by atoms with Crippen LogP contribution in [0.2, 0.25) is 0 Å². The predicted molar refractivity (Wildman–Crippen MR) is 100 cm³/mol. The van der Waals surface area contributed by atoms with Crippen LogP contribution in [0.15, 0.2) is 54.6 Å². The van der Waals surface area contributed by atoms with E-state index < -0.39 is 27.2 Å². The number of carbonyl (C=O) groups excluding carboxylic acids is 1. The van der Waals surface area contributed by atoms with Crippen molar-refractivity contribution in [1.29, 1.82) is 0 Å². The van der Waals surface area contributed by atoms with E-state index in [-0.39, 0.29) is 11.7 Å². The van der Waals surface area contributed by atoms with E-state index in [0.717, 1.165) is 16.7 Å². The van der Waals surface area contributed by atoms with Crippen LogP contribution in [0.1, 0.15) is 35.0 Å². The average Bonchev–Trinajstić information content (AvgIpc) is 3.01. The molecule has 0 saturated carbocycles. The molecule has 6 heteroatoms. The third-order valence-corrected chi connectivity index (χ3v) is 7.02. The highest BCUT2D eigenvalue weighted by atomic mass is 32.2. The van der Waals surface area contributed by atoms with Crippen molar-refractivity contribution in [3.8, 4) is 0 Å². The van der Waals surface area contributed by atoms with Crippen LogP contribution in [0.5, 0.6) is 0 Å². The van der Waals surface area contributed by atoms with E-state index in [1.54, 1.807) is 6.92 Å². The molecular formula is C20H23NO4S. The maximum Gasteiger partial charge on any atom is 0.254 e. The Morgan fingerprint density at radius 2 is 1.81 bits per heavy atom. The van der Waals surface area contributed by atoms with Gasteiger partial charge in [0.1, 0.15) is 5.25 Å². The molecule has 1 aliphatic carbocycles. The fraction of sp³-hybridized carbons (Fsp3) is 0.350. The number of hydrogen-bond acceptors (Lipinski definition) is 4. The SMILES string of the molecule is CCS(=O)(=O)C1c2ccccc2CC1NC(=O)[C@@H](OC)c1ccccc1. The van der Waals surface area contributed by atoms with Gasteiger partial charge in [0, 0.05) is 12.9 Å². The summed E-state index contributed by atoms with van der Waals surface area (Å²) in [5.74, 6) is -0.294. The van der Waals surface area contributed by atoms with Crippen molar-refractivity contribution < 1.29 is 17.9 Å². The molecule has 3 rings (SSSR count). The highest BCUT2D eigenvalue weighted by Crippen LogP contribution is 2.38. The third-order valence-electron chi connectivity index (χ3n) is 4.86. The number of rotatable bonds is 6. The van der Waals surface area contributed by atoms with Crippen LogP contribution in [0.25, 0.3) is 0 Å². The highest BCUT2D eigenvalue weighted by molar-refractivity contribution is 7.91. The summed E-state index contributed by atoms with van der Waals surface area (Å²) >= 11 is 0. The summed E-state index contributed by atoms with van der Waals surface area (Å²) < 4.78 is 30.7. The summed E-state index contributed by atoms with van der Waals surface area (Å²) in [4.78, 5) is 12.8. The number of sulfone groups is 1. The van der Waals surface area contributed by atoms with E-state index in [4.69, 9.17) is 4.74 Å². The molecule has 0 fully saturated rings. The number of amides is 1. The third kappa shape index (κ3) is 3.52. The Hall–Kier alpha value is -2.18. The Balaban J connectivity index is 1.88. The van der Waals surface area contributed by atoms with E-state index in [0.29, 0.717) is 6.42 Å². The Labute approximate surface area is 154 Å². The van der Waals surface area contributed by atoms with Gasteiger partial charge in [0.25, 0.3) is 5.91 Å². The minimum Gasteiger partial charge on any atom is -0.367 e. The molecular weight excluding hydrogens is 350 g/mol. The minimum atomic E-state index is -3.36. The highest BCUT2D eigenvalue weighted by Gasteiger charge is 2.41. The Kier molecular flexibility index (Phi) is 5.44. The first-order valence-corrected chi connectivity index (χ1v) is 10.4. The van der Waals surface area contributed by atoms with Gasteiger partial charge < -0.3 is 10.1 Å². The zero-order valence-corrected chi connectivity index (χ0v) is 15.7. The number of carbonyl (C=O) groups is 1. The largest absolute Gasteiger partial charge is 0.367 e. The summed E-state index contributed by atoms with van der Waals surface area (Å²) in [6.45, 7) is 1.64.